The monoisotopic (exact) mass is 414 g/mol. The zero-order valence-electron chi connectivity index (χ0n) is 10.5. The molecule has 0 aliphatic carbocycles. The van der Waals surface area contributed by atoms with Gasteiger partial charge in [-0.1, -0.05) is 31.9 Å². The van der Waals surface area contributed by atoms with Crippen molar-refractivity contribution in [1.29, 1.82) is 0 Å². The van der Waals surface area contributed by atoms with Crippen molar-refractivity contribution in [2.45, 2.75) is 6.10 Å². The maximum absolute atomic E-state index is 13.5. The first kappa shape index (κ1) is 14.5. The van der Waals surface area contributed by atoms with Gasteiger partial charge < -0.3 is 15.1 Å². The predicted octanol–water partition coefficient (Wildman–Crippen LogP) is 3.60. The van der Waals surface area contributed by atoms with E-state index in [1.54, 1.807) is 18.2 Å². The summed E-state index contributed by atoms with van der Waals surface area (Å²) in [6.45, 7) is 0. The number of hydrogen-bond donors (Lipinski definition) is 3. The van der Waals surface area contributed by atoms with Crippen molar-refractivity contribution >= 4 is 42.9 Å². The minimum Gasteiger partial charge on any atom is -0.384 e. The topological polar surface area (TPSA) is 68.9 Å². The van der Waals surface area contributed by atoms with E-state index in [1.807, 2.05) is 0 Å². The molecule has 0 saturated carbocycles. The second kappa shape index (κ2) is 5.40. The van der Waals surface area contributed by atoms with Crippen LogP contribution in [0.2, 0.25) is 0 Å². The Kier molecular flexibility index (Phi) is 3.73. The van der Waals surface area contributed by atoms with Gasteiger partial charge in [-0.3, -0.25) is 0 Å². The van der Waals surface area contributed by atoms with Crippen LogP contribution >= 0.6 is 31.9 Å². The average molecular weight is 416 g/mol. The molecule has 0 bridgehead atoms. The number of halogens is 3. The van der Waals surface area contributed by atoms with Crippen LogP contribution in [0.5, 0.6) is 0 Å². The van der Waals surface area contributed by atoms with Gasteiger partial charge in [0.1, 0.15) is 11.9 Å². The molecule has 0 saturated heterocycles. The van der Waals surface area contributed by atoms with Crippen LogP contribution in [0.4, 0.5) is 4.39 Å². The number of imidazole rings is 1. The zero-order chi connectivity index (χ0) is 15.1. The van der Waals surface area contributed by atoms with Crippen molar-refractivity contribution < 1.29 is 9.50 Å². The van der Waals surface area contributed by atoms with Crippen molar-refractivity contribution in [3.8, 4) is 0 Å². The third-order valence-corrected chi connectivity index (χ3v) is 4.27. The quantitative estimate of drug-likeness (QED) is 0.598. The van der Waals surface area contributed by atoms with Crippen LogP contribution in [0.3, 0.4) is 0 Å². The van der Waals surface area contributed by atoms with Crippen LogP contribution in [-0.2, 0) is 0 Å². The molecule has 0 fully saturated rings. The third kappa shape index (κ3) is 2.81. The van der Waals surface area contributed by atoms with Crippen molar-refractivity contribution in [3.63, 3.8) is 0 Å². The molecule has 2 aromatic carbocycles. The summed E-state index contributed by atoms with van der Waals surface area (Å²) in [7, 11) is 0. The van der Waals surface area contributed by atoms with E-state index < -0.39 is 11.9 Å². The van der Waals surface area contributed by atoms with Crippen LogP contribution in [0.15, 0.2) is 44.1 Å². The number of nitrogens with one attached hydrogen (secondary N) is 2. The van der Waals surface area contributed by atoms with Gasteiger partial charge in [-0.25, -0.2) is 9.18 Å². The van der Waals surface area contributed by atoms with Crippen molar-refractivity contribution in [1.82, 2.24) is 9.97 Å². The first-order chi connectivity index (χ1) is 9.94. The number of aromatic amines is 2. The molecule has 4 nitrogen and oxygen atoms in total. The fourth-order valence-electron chi connectivity index (χ4n) is 2.19. The number of rotatable bonds is 2. The van der Waals surface area contributed by atoms with Gasteiger partial charge in [0.05, 0.1) is 11.0 Å². The van der Waals surface area contributed by atoms with Crippen LogP contribution in [0, 0.1) is 5.82 Å². The Bertz CT molecular complexity index is 868. The van der Waals surface area contributed by atoms with Gasteiger partial charge in [-0.2, -0.15) is 0 Å². The lowest BCUT2D eigenvalue weighted by Gasteiger charge is -2.14. The molecule has 1 heterocycles. The highest BCUT2D eigenvalue weighted by molar-refractivity contribution is 9.10. The molecule has 3 N–H and O–H groups in total. The molecule has 7 heteroatoms. The Morgan fingerprint density at radius 1 is 1.05 bits per heavy atom. The molecule has 1 unspecified atom stereocenters. The van der Waals surface area contributed by atoms with Gasteiger partial charge >= 0.3 is 5.69 Å². The summed E-state index contributed by atoms with van der Waals surface area (Å²) < 4.78 is 14.6. The van der Waals surface area contributed by atoms with Gasteiger partial charge in [0.25, 0.3) is 0 Å². The van der Waals surface area contributed by atoms with E-state index in [-0.39, 0.29) is 5.69 Å². The summed E-state index contributed by atoms with van der Waals surface area (Å²) in [6, 6.07) is 7.58. The Balaban J connectivity index is 2.13. The molecule has 1 aromatic heterocycles. The van der Waals surface area contributed by atoms with Gasteiger partial charge in [0.2, 0.25) is 0 Å². The van der Waals surface area contributed by atoms with Crippen LogP contribution in [-0.4, -0.2) is 15.1 Å². The van der Waals surface area contributed by atoms with Gasteiger partial charge in [-0.15, -0.1) is 0 Å². The maximum Gasteiger partial charge on any atom is 0.323 e. The Morgan fingerprint density at radius 2 is 1.71 bits per heavy atom. The number of H-pyrrole nitrogens is 2. The van der Waals surface area contributed by atoms with Gasteiger partial charge in [-0.05, 0) is 35.9 Å². The minimum absolute atomic E-state index is 0.322. The Morgan fingerprint density at radius 3 is 2.38 bits per heavy atom. The fourth-order valence-corrected chi connectivity index (χ4v) is 3.24. The molecule has 1 atom stereocenters. The molecule has 3 aromatic rings. The minimum atomic E-state index is -1.02. The summed E-state index contributed by atoms with van der Waals surface area (Å²) in [5, 5.41) is 10.5. The lowest BCUT2D eigenvalue weighted by Crippen LogP contribution is -2.02. The molecule has 108 valence electrons. The highest BCUT2D eigenvalue weighted by atomic mass is 79.9. The van der Waals surface area contributed by atoms with Crippen LogP contribution in [0.1, 0.15) is 17.2 Å². The first-order valence-corrected chi connectivity index (χ1v) is 7.58. The molecule has 0 radical (unpaired) electrons. The smallest absolute Gasteiger partial charge is 0.323 e. The lowest BCUT2D eigenvalue weighted by atomic mass is 10.0. The van der Waals surface area contributed by atoms with E-state index in [0.717, 1.165) is 0 Å². The number of aliphatic hydroxyl groups excluding tert-OH is 1. The zero-order valence-corrected chi connectivity index (χ0v) is 13.6. The Labute approximate surface area is 135 Å². The predicted molar refractivity (Wildman–Crippen MR) is 84.8 cm³/mol. The molecule has 0 amide bonds. The second-order valence-electron chi connectivity index (χ2n) is 4.60. The molecular formula is C14H9Br2FN2O2. The van der Waals surface area contributed by atoms with Crippen LogP contribution in [0.25, 0.3) is 11.0 Å². The van der Waals surface area contributed by atoms with Crippen molar-refractivity contribution in [2.24, 2.45) is 0 Å². The second-order valence-corrected chi connectivity index (χ2v) is 6.37. The summed E-state index contributed by atoms with van der Waals surface area (Å²) in [6.07, 6.45) is -1.02. The van der Waals surface area contributed by atoms with E-state index in [0.29, 0.717) is 31.1 Å². The molecule has 0 spiro atoms. The van der Waals surface area contributed by atoms with Crippen LogP contribution < -0.4 is 5.69 Å². The van der Waals surface area contributed by atoms with E-state index in [9.17, 15) is 14.3 Å². The van der Waals surface area contributed by atoms with E-state index in [2.05, 4.69) is 41.8 Å². The standard InChI is InChI=1S/C14H9Br2FN2O2/c15-7-1-6(2-8(17)3-7)13(20)9-4-11-12(5-10(9)16)19-14(21)18-11/h1-5,13,20H,(H2,18,19,21). The lowest BCUT2D eigenvalue weighted by molar-refractivity contribution is 0.219. The highest BCUT2D eigenvalue weighted by Gasteiger charge is 2.17. The number of aliphatic hydroxyl groups is 1. The van der Waals surface area contributed by atoms with Gasteiger partial charge in [0, 0.05) is 14.5 Å². The van der Waals surface area contributed by atoms with Crippen molar-refractivity contribution in [2.75, 3.05) is 0 Å². The number of hydrogen-bond acceptors (Lipinski definition) is 2. The molecule has 21 heavy (non-hydrogen) atoms. The van der Waals surface area contributed by atoms with E-state index >= 15 is 0 Å². The largest absolute Gasteiger partial charge is 0.384 e. The van der Waals surface area contributed by atoms with Crippen molar-refractivity contribution in [3.05, 3.63) is 66.7 Å². The highest BCUT2D eigenvalue weighted by Crippen LogP contribution is 2.32. The Hall–Kier alpha value is -1.44. The number of aromatic nitrogens is 2. The van der Waals surface area contributed by atoms with Gasteiger partial charge in [0.15, 0.2) is 0 Å². The SMILES string of the molecule is O=c1[nH]c2cc(Br)c(C(O)c3cc(F)cc(Br)c3)cc2[nH]1. The summed E-state index contributed by atoms with van der Waals surface area (Å²) >= 11 is 6.56. The molecule has 3 rings (SSSR count). The molecule has 0 aliphatic heterocycles. The maximum atomic E-state index is 13.5. The van der Waals surface area contributed by atoms with E-state index in [4.69, 9.17) is 0 Å². The molecule has 0 aliphatic rings. The average Bonchev–Trinajstić information content (AvgIpc) is 2.75. The fraction of sp³-hybridized carbons (Fsp3) is 0.0714. The first-order valence-electron chi connectivity index (χ1n) is 5.99. The molecular weight excluding hydrogens is 407 g/mol. The normalized spacial score (nSPS) is 12.8. The number of benzene rings is 2. The third-order valence-electron chi connectivity index (χ3n) is 3.13. The summed E-state index contributed by atoms with van der Waals surface area (Å²) in [5.74, 6) is -0.439. The van der Waals surface area contributed by atoms with E-state index in [1.165, 1.54) is 12.1 Å². The summed E-state index contributed by atoms with van der Waals surface area (Å²) in [4.78, 5) is 16.6. The number of fused-ring (bicyclic) bond motifs is 1. The summed E-state index contributed by atoms with van der Waals surface area (Å²) in [5.41, 5.74) is 1.84.